The van der Waals surface area contributed by atoms with Crippen molar-refractivity contribution in [1.82, 2.24) is 24.9 Å². The molecule has 102 valence electrons. The smallest absolute Gasteiger partial charge is 0.348 e. The van der Waals surface area contributed by atoms with Crippen molar-refractivity contribution in [1.29, 1.82) is 0 Å². The number of nitrogens with one attached hydrogen (secondary N) is 3. The van der Waals surface area contributed by atoms with Crippen LogP contribution in [-0.4, -0.2) is 38.1 Å². The summed E-state index contributed by atoms with van der Waals surface area (Å²) in [5.74, 6) is 0.397. The highest BCUT2D eigenvalue weighted by molar-refractivity contribution is 5.83. The van der Waals surface area contributed by atoms with Gasteiger partial charge in [-0.1, -0.05) is 6.92 Å². The maximum atomic E-state index is 11.7. The van der Waals surface area contributed by atoms with E-state index in [1.165, 1.54) is 10.7 Å². The Kier molecular flexibility index (Phi) is 3.79. The Bertz CT molecular complexity index is 631. The zero-order valence-corrected chi connectivity index (χ0v) is 10.8. The molecule has 1 amide bonds. The van der Waals surface area contributed by atoms with Crippen LogP contribution in [0.2, 0.25) is 0 Å². The van der Waals surface area contributed by atoms with E-state index in [0.717, 1.165) is 6.42 Å². The number of carbonyl (C=O) groups excluding carboxylic acids is 1. The molecule has 0 saturated heterocycles. The average Bonchev–Trinajstić information content (AvgIpc) is 2.77. The molecule has 0 radical (unpaired) electrons. The van der Waals surface area contributed by atoms with Crippen LogP contribution in [0.3, 0.4) is 0 Å². The van der Waals surface area contributed by atoms with Gasteiger partial charge in [-0.3, -0.25) is 4.79 Å². The highest BCUT2D eigenvalue weighted by atomic mass is 16.2. The fourth-order valence-electron chi connectivity index (χ4n) is 1.58. The van der Waals surface area contributed by atoms with Crippen molar-refractivity contribution in [3.63, 3.8) is 0 Å². The number of aromatic amines is 1. The standard InChI is InChI=1S/C11H16N6O2/c1-3-4-12-10(18)7(2)14-8-5-9-15-16-11(19)17(9)6-13-8/h5-7,14H,3-4H2,1-2H3,(H,12,18)(H,16,19). The number of H-pyrrole nitrogens is 1. The monoisotopic (exact) mass is 264 g/mol. The van der Waals surface area contributed by atoms with Crippen molar-refractivity contribution in [2.45, 2.75) is 26.3 Å². The molecule has 0 bridgehead atoms. The summed E-state index contributed by atoms with van der Waals surface area (Å²) in [6.45, 7) is 4.38. The second-order valence-corrected chi connectivity index (χ2v) is 4.19. The number of fused-ring (bicyclic) bond motifs is 1. The number of rotatable bonds is 5. The molecule has 1 unspecified atom stereocenters. The van der Waals surface area contributed by atoms with Crippen LogP contribution in [-0.2, 0) is 4.79 Å². The Hall–Kier alpha value is -2.38. The first-order valence-corrected chi connectivity index (χ1v) is 6.09. The van der Waals surface area contributed by atoms with E-state index in [9.17, 15) is 9.59 Å². The third kappa shape index (κ3) is 2.90. The molecule has 1 atom stereocenters. The lowest BCUT2D eigenvalue weighted by atomic mass is 10.3. The molecule has 0 spiro atoms. The molecule has 3 N–H and O–H groups in total. The van der Waals surface area contributed by atoms with E-state index in [4.69, 9.17) is 0 Å². The van der Waals surface area contributed by atoms with Crippen LogP contribution >= 0.6 is 0 Å². The lowest BCUT2D eigenvalue weighted by Crippen LogP contribution is -2.38. The molecule has 0 aromatic carbocycles. The summed E-state index contributed by atoms with van der Waals surface area (Å²) in [6.07, 6.45) is 2.25. The van der Waals surface area contributed by atoms with Crippen molar-refractivity contribution in [2.75, 3.05) is 11.9 Å². The summed E-state index contributed by atoms with van der Waals surface area (Å²) in [5, 5.41) is 11.9. The maximum Gasteiger partial charge on any atom is 0.348 e. The molecule has 2 aromatic rings. The van der Waals surface area contributed by atoms with E-state index in [2.05, 4.69) is 25.8 Å². The summed E-state index contributed by atoms with van der Waals surface area (Å²) in [6, 6.07) is 1.19. The summed E-state index contributed by atoms with van der Waals surface area (Å²) < 4.78 is 1.28. The van der Waals surface area contributed by atoms with E-state index >= 15 is 0 Å². The van der Waals surface area contributed by atoms with Crippen molar-refractivity contribution in [3.05, 3.63) is 22.9 Å². The molecule has 0 fully saturated rings. The zero-order valence-electron chi connectivity index (χ0n) is 10.8. The minimum atomic E-state index is -0.410. The molecule has 2 aromatic heterocycles. The number of aromatic nitrogens is 4. The highest BCUT2D eigenvalue weighted by Gasteiger charge is 2.12. The van der Waals surface area contributed by atoms with E-state index in [1.807, 2.05) is 6.92 Å². The van der Waals surface area contributed by atoms with E-state index in [0.29, 0.717) is 18.0 Å². The molecule has 8 nitrogen and oxygen atoms in total. The normalized spacial score (nSPS) is 12.3. The summed E-state index contributed by atoms with van der Waals surface area (Å²) in [5.41, 5.74) is 0.103. The second-order valence-electron chi connectivity index (χ2n) is 4.19. The zero-order chi connectivity index (χ0) is 13.8. The van der Waals surface area contributed by atoms with Crippen molar-refractivity contribution in [3.8, 4) is 0 Å². The van der Waals surface area contributed by atoms with Crippen molar-refractivity contribution >= 4 is 17.4 Å². The van der Waals surface area contributed by atoms with Gasteiger partial charge < -0.3 is 10.6 Å². The maximum absolute atomic E-state index is 11.7. The molecule has 8 heteroatoms. The van der Waals surface area contributed by atoms with Crippen LogP contribution in [0.25, 0.3) is 5.65 Å². The second kappa shape index (κ2) is 5.51. The molecule has 19 heavy (non-hydrogen) atoms. The summed E-state index contributed by atoms with van der Waals surface area (Å²) in [4.78, 5) is 27.0. The first-order chi connectivity index (χ1) is 9.11. The van der Waals surface area contributed by atoms with Crippen LogP contribution < -0.4 is 16.3 Å². The highest BCUT2D eigenvalue weighted by Crippen LogP contribution is 2.06. The van der Waals surface area contributed by atoms with Gasteiger partial charge in [-0.2, -0.15) is 5.10 Å². The molecule has 0 saturated carbocycles. The minimum Gasteiger partial charge on any atom is -0.358 e. The van der Waals surface area contributed by atoms with Gasteiger partial charge in [0.05, 0.1) is 0 Å². The molecule has 2 rings (SSSR count). The third-order valence-electron chi connectivity index (χ3n) is 2.62. The van der Waals surface area contributed by atoms with Gasteiger partial charge in [0.2, 0.25) is 5.91 Å². The number of nitrogens with zero attached hydrogens (tertiary/aromatic N) is 3. The van der Waals surface area contributed by atoms with Gasteiger partial charge in [0.1, 0.15) is 18.2 Å². The van der Waals surface area contributed by atoms with Gasteiger partial charge in [0.25, 0.3) is 0 Å². The van der Waals surface area contributed by atoms with Gasteiger partial charge >= 0.3 is 5.69 Å². The Morgan fingerprint density at radius 2 is 2.37 bits per heavy atom. The van der Waals surface area contributed by atoms with E-state index < -0.39 is 6.04 Å². The lowest BCUT2D eigenvalue weighted by Gasteiger charge is -2.14. The molecular weight excluding hydrogens is 248 g/mol. The van der Waals surface area contributed by atoms with Gasteiger partial charge in [0.15, 0.2) is 5.65 Å². The van der Waals surface area contributed by atoms with Crippen LogP contribution in [0.15, 0.2) is 17.2 Å². The van der Waals surface area contributed by atoms with Gasteiger partial charge in [-0.25, -0.2) is 19.3 Å². The van der Waals surface area contributed by atoms with E-state index in [-0.39, 0.29) is 11.6 Å². The van der Waals surface area contributed by atoms with Crippen LogP contribution in [0.1, 0.15) is 20.3 Å². The number of hydrogen-bond acceptors (Lipinski definition) is 5. The summed E-state index contributed by atoms with van der Waals surface area (Å²) in [7, 11) is 0. The first-order valence-electron chi connectivity index (χ1n) is 6.09. The Morgan fingerprint density at radius 1 is 1.58 bits per heavy atom. The predicted molar refractivity (Wildman–Crippen MR) is 70.0 cm³/mol. The van der Waals surface area contributed by atoms with Crippen molar-refractivity contribution in [2.24, 2.45) is 0 Å². The van der Waals surface area contributed by atoms with Gasteiger partial charge in [-0.15, -0.1) is 0 Å². The fourth-order valence-corrected chi connectivity index (χ4v) is 1.58. The Labute approximate surface area is 109 Å². The predicted octanol–water partition coefficient (Wildman–Crippen LogP) is -0.256. The van der Waals surface area contributed by atoms with Crippen LogP contribution in [0, 0.1) is 0 Å². The van der Waals surface area contributed by atoms with E-state index in [1.54, 1.807) is 13.0 Å². The molecule has 0 aliphatic rings. The number of carbonyl (C=O) groups is 1. The molecule has 2 heterocycles. The quantitative estimate of drug-likeness (QED) is 0.690. The molecule has 0 aliphatic carbocycles. The number of anilines is 1. The Balaban J connectivity index is 2.08. The molecule has 0 aliphatic heterocycles. The lowest BCUT2D eigenvalue weighted by molar-refractivity contribution is -0.121. The topological polar surface area (TPSA) is 104 Å². The fraction of sp³-hybridized carbons (Fsp3) is 0.455. The third-order valence-corrected chi connectivity index (χ3v) is 2.62. The number of hydrogen-bond donors (Lipinski definition) is 3. The Morgan fingerprint density at radius 3 is 3.11 bits per heavy atom. The first kappa shape index (κ1) is 13.1. The van der Waals surface area contributed by atoms with Gasteiger partial charge in [0, 0.05) is 12.6 Å². The van der Waals surface area contributed by atoms with Crippen molar-refractivity contribution < 1.29 is 4.79 Å². The molecular formula is C11H16N6O2. The number of amides is 1. The SMILES string of the molecule is CCCNC(=O)C(C)Nc1cc2n[nH]c(=O)n2cn1. The minimum absolute atomic E-state index is 0.0945. The van der Waals surface area contributed by atoms with Crippen LogP contribution in [0.5, 0.6) is 0 Å². The van der Waals surface area contributed by atoms with Crippen LogP contribution in [0.4, 0.5) is 5.82 Å². The van der Waals surface area contributed by atoms with Gasteiger partial charge in [-0.05, 0) is 13.3 Å². The largest absolute Gasteiger partial charge is 0.358 e. The summed E-state index contributed by atoms with van der Waals surface area (Å²) >= 11 is 0. The average molecular weight is 264 g/mol.